The first-order valence-corrected chi connectivity index (χ1v) is 6.18. The van der Waals surface area contributed by atoms with Gasteiger partial charge in [-0.2, -0.15) is 0 Å². The molecular formula is C11H14BrN3O2. The van der Waals surface area contributed by atoms with Crippen LogP contribution in [0.1, 0.15) is 5.69 Å². The Bertz CT molecular complexity index is 413. The third-order valence-corrected chi connectivity index (χ3v) is 3.15. The molecule has 1 atom stereocenters. The van der Waals surface area contributed by atoms with E-state index in [9.17, 15) is 4.79 Å². The molecule has 1 aliphatic rings. The molecule has 1 saturated heterocycles. The van der Waals surface area contributed by atoms with Crippen LogP contribution in [0.5, 0.6) is 0 Å². The predicted octanol–water partition coefficient (Wildman–Crippen LogP) is 0.530. The van der Waals surface area contributed by atoms with E-state index in [4.69, 9.17) is 10.5 Å². The van der Waals surface area contributed by atoms with E-state index in [0.29, 0.717) is 26.3 Å². The molecule has 2 N–H and O–H groups in total. The fourth-order valence-electron chi connectivity index (χ4n) is 1.84. The van der Waals surface area contributed by atoms with Gasteiger partial charge in [-0.1, -0.05) is 6.07 Å². The van der Waals surface area contributed by atoms with Crippen molar-refractivity contribution in [3.05, 3.63) is 28.5 Å². The molecule has 2 rings (SSSR count). The van der Waals surface area contributed by atoms with Crippen molar-refractivity contribution in [3.8, 4) is 0 Å². The molecule has 1 unspecified atom stereocenters. The number of primary amides is 1. The van der Waals surface area contributed by atoms with E-state index in [-0.39, 0.29) is 11.9 Å². The Morgan fingerprint density at radius 1 is 1.65 bits per heavy atom. The van der Waals surface area contributed by atoms with Gasteiger partial charge in [-0.3, -0.25) is 9.69 Å². The van der Waals surface area contributed by atoms with E-state index in [0.717, 1.165) is 10.3 Å². The Hall–Kier alpha value is -0.980. The number of halogens is 1. The van der Waals surface area contributed by atoms with Crippen molar-refractivity contribution < 1.29 is 9.53 Å². The Morgan fingerprint density at radius 3 is 3.18 bits per heavy atom. The quantitative estimate of drug-likeness (QED) is 0.827. The van der Waals surface area contributed by atoms with E-state index >= 15 is 0 Å². The van der Waals surface area contributed by atoms with Crippen molar-refractivity contribution in [2.45, 2.75) is 12.6 Å². The molecule has 2 heterocycles. The minimum Gasteiger partial charge on any atom is -0.378 e. The van der Waals surface area contributed by atoms with Gasteiger partial charge in [0.1, 0.15) is 10.6 Å². The number of hydrogen-bond donors (Lipinski definition) is 1. The fourth-order valence-corrected chi connectivity index (χ4v) is 2.22. The van der Waals surface area contributed by atoms with Gasteiger partial charge >= 0.3 is 0 Å². The van der Waals surface area contributed by atoms with Crippen LogP contribution in [0.4, 0.5) is 0 Å². The van der Waals surface area contributed by atoms with E-state index < -0.39 is 0 Å². The van der Waals surface area contributed by atoms with Gasteiger partial charge in [-0.25, -0.2) is 4.98 Å². The van der Waals surface area contributed by atoms with Crippen LogP contribution in [0.2, 0.25) is 0 Å². The second-order valence-electron chi connectivity index (χ2n) is 3.92. The van der Waals surface area contributed by atoms with Gasteiger partial charge in [-0.05, 0) is 28.1 Å². The first-order valence-electron chi connectivity index (χ1n) is 5.39. The summed E-state index contributed by atoms with van der Waals surface area (Å²) in [5, 5.41) is 0. The second-order valence-corrected chi connectivity index (χ2v) is 4.73. The largest absolute Gasteiger partial charge is 0.378 e. The van der Waals surface area contributed by atoms with Crippen LogP contribution in [0.25, 0.3) is 0 Å². The van der Waals surface area contributed by atoms with Crippen molar-refractivity contribution in [1.29, 1.82) is 0 Å². The molecule has 0 aliphatic carbocycles. The smallest absolute Gasteiger partial charge is 0.237 e. The maximum absolute atomic E-state index is 11.3. The number of rotatable bonds is 3. The fraction of sp³-hybridized carbons (Fsp3) is 0.455. The molecule has 1 aliphatic heterocycles. The molecule has 92 valence electrons. The molecule has 6 heteroatoms. The Labute approximate surface area is 108 Å². The van der Waals surface area contributed by atoms with E-state index in [2.05, 4.69) is 20.9 Å². The number of carbonyl (C=O) groups excluding carboxylic acids is 1. The third kappa shape index (κ3) is 3.24. The highest BCUT2D eigenvalue weighted by Crippen LogP contribution is 2.13. The van der Waals surface area contributed by atoms with E-state index in [1.807, 2.05) is 23.1 Å². The van der Waals surface area contributed by atoms with Gasteiger partial charge in [0.2, 0.25) is 5.91 Å². The van der Waals surface area contributed by atoms with Crippen molar-refractivity contribution in [1.82, 2.24) is 9.88 Å². The van der Waals surface area contributed by atoms with Gasteiger partial charge < -0.3 is 10.5 Å². The predicted molar refractivity (Wildman–Crippen MR) is 66.1 cm³/mol. The molecule has 5 nitrogen and oxygen atoms in total. The minimum absolute atomic E-state index is 0.348. The van der Waals surface area contributed by atoms with Gasteiger partial charge in [0.25, 0.3) is 0 Å². The Balaban J connectivity index is 2.08. The van der Waals surface area contributed by atoms with Crippen molar-refractivity contribution >= 4 is 21.8 Å². The maximum Gasteiger partial charge on any atom is 0.237 e. The summed E-state index contributed by atoms with van der Waals surface area (Å²) in [5.41, 5.74) is 6.26. The first kappa shape index (κ1) is 12.5. The van der Waals surface area contributed by atoms with Gasteiger partial charge in [0.05, 0.1) is 18.9 Å². The summed E-state index contributed by atoms with van der Waals surface area (Å²) < 4.78 is 6.05. The van der Waals surface area contributed by atoms with Crippen molar-refractivity contribution in [2.24, 2.45) is 5.73 Å². The maximum atomic E-state index is 11.3. The highest BCUT2D eigenvalue weighted by molar-refractivity contribution is 9.10. The monoisotopic (exact) mass is 299 g/mol. The number of carbonyl (C=O) groups is 1. The summed E-state index contributed by atoms with van der Waals surface area (Å²) >= 11 is 3.33. The van der Waals surface area contributed by atoms with Crippen LogP contribution in [-0.2, 0) is 16.1 Å². The van der Waals surface area contributed by atoms with E-state index in [1.165, 1.54) is 0 Å². The normalized spacial score (nSPS) is 21.4. The summed E-state index contributed by atoms with van der Waals surface area (Å²) in [6.45, 7) is 2.29. The van der Waals surface area contributed by atoms with Crippen LogP contribution < -0.4 is 5.73 Å². The standard InChI is InChI=1S/C11H14BrN3O2/c12-10-3-1-2-8(14-10)6-15-4-5-17-7-9(15)11(13)16/h1-3,9H,4-7H2,(H2,13,16). The molecule has 1 aromatic heterocycles. The molecular weight excluding hydrogens is 286 g/mol. The average molecular weight is 300 g/mol. The third-order valence-electron chi connectivity index (χ3n) is 2.71. The zero-order chi connectivity index (χ0) is 12.3. The lowest BCUT2D eigenvalue weighted by molar-refractivity contribution is -0.129. The molecule has 1 amide bonds. The van der Waals surface area contributed by atoms with E-state index in [1.54, 1.807) is 0 Å². The molecule has 0 saturated carbocycles. The van der Waals surface area contributed by atoms with Gasteiger partial charge in [-0.15, -0.1) is 0 Å². The number of nitrogens with two attached hydrogens (primary N) is 1. The summed E-state index contributed by atoms with van der Waals surface area (Å²) in [5.74, 6) is -0.348. The van der Waals surface area contributed by atoms with Crippen LogP contribution >= 0.6 is 15.9 Å². The number of morpholine rings is 1. The molecule has 0 bridgehead atoms. The number of hydrogen-bond acceptors (Lipinski definition) is 4. The summed E-state index contributed by atoms with van der Waals surface area (Å²) in [4.78, 5) is 17.6. The van der Waals surface area contributed by atoms with Gasteiger partial charge in [0, 0.05) is 13.1 Å². The second kappa shape index (κ2) is 5.57. The van der Waals surface area contributed by atoms with Crippen LogP contribution in [0, 0.1) is 0 Å². The van der Waals surface area contributed by atoms with Crippen LogP contribution in [0.3, 0.4) is 0 Å². The number of nitrogens with zero attached hydrogens (tertiary/aromatic N) is 2. The Kier molecular flexibility index (Phi) is 4.09. The number of ether oxygens (including phenoxy) is 1. The van der Waals surface area contributed by atoms with Gasteiger partial charge in [0.15, 0.2) is 0 Å². The zero-order valence-corrected chi connectivity index (χ0v) is 10.9. The Morgan fingerprint density at radius 2 is 2.47 bits per heavy atom. The molecule has 0 aromatic carbocycles. The lowest BCUT2D eigenvalue weighted by Gasteiger charge is -2.33. The van der Waals surface area contributed by atoms with Crippen LogP contribution in [0.15, 0.2) is 22.8 Å². The summed E-state index contributed by atoms with van der Waals surface area (Å²) in [7, 11) is 0. The topological polar surface area (TPSA) is 68.5 Å². The summed E-state index contributed by atoms with van der Waals surface area (Å²) in [6, 6.07) is 5.36. The lowest BCUT2D eigenvalue weighted by atomic mass is 10.2. The zero-order valence-electron chi connectivity index (χ0n) is 9.30. The highest BCUT2D eigenvalue weighted by Gasteiger charge is 2.27. The average Bonchev–Trinajstić information content (AvgIpc) is 2.29. The summed E-state index contributed by atoms with van der Waals surface area (Å²) in [6.07, 6.45) is 0. The molecule has 1 aromatic rings. The number of pyridine rings is 1. The number of amides is 1. The van der Waals surface area contributed by atoms with Crippen LogP contribution in [-0.4, -0.2) is 41.6 Å². The lowest BCUT2D eigenvalue weighted by Crippen LogP contribution is -2.51. The molecule has 0 spiro atoms. The minimum atomic E-state index is -0.357. The van der Waals surface area contributed by atoms with Crippen molar-refractivity contribution in [3.63, 3.8) is 0 Å². The molecule has 0 radical (unpaired) electrons. The highest BCUT2D eigenvalue weighted by atomic mass is 79.9. The molecule has 1 fully saturated rings. The SMILES string of the molecule is NC(=O)C1COCCN1Cc1cccc(Br)n1. The molecule has 17 heavy (non-hydrogen) atoms. The first-order chi connectivity index (χ1) is 8.16. The van der Waals surface area contributed by atoms with Crippen molar-refractivity contribution in [2.75, 3.05) is 19.8 Å². The number of aromatic nitrogens is 1.